The summed E-state index contributed by atoms with van der Waals surface area (Å²) in [5.74, 6) is -0.165. The van der Waals surface area contributed by atoms with Crippen molar-refractivity contribution in [3.8, 4) is 0 Å². The zero-order valence-corrected chi connectivity index (χ0v) is 16.5. The minimum atomic E-state index is -2.70. The Balaban J connectivity index is 5.51. The first-order valence-electron chi connectivity index (χ1n) is 6.96. The van der Waals surface area contributed by atoms with E-state index in [1.165, 1.54) is 7.11 Å². The lowest BCUT2D eigenvalue weighted by atomic mass is 10.5. The summed E-state index contributed by atoms with van der Waals surface area (Å²) in [6, 6.07) is 0. The van der Waals surface area contributed by atoms with E-state index in [0.29, 0.717) is 17.6 Å². The molecule has 0 bridgehead atoms. The normalized spacial score (nSPS) is 18.3. The van der Waals surface area contributed by atoms with Crippen LogP contribution in [0.4, 0.5) is 0 Å². The number of carbonyl (C=O) groups excluding carboxylic acids is 2. The van der Waals surface area contributed by atoms with Crippen LogP contribution in [-0.2, 0) is 18.8 Å². The van der Waals surface area contributed by atoms with E-state index in [0.717, 1.165) is 12.2 Å². The van der Waals surface area contributed by atoms with Crippen molar-refractivity contribution in [2.45, 2.75) is 37.4 Å². The van der Waals surface area contributed by atoms with Crippen LogP contribution in [-0.4, -0.2) is 45.0 Å². The lowest BCUT2D eigenvalue weighted by molar-refractivity contribution is -0.136. The summed E-state index contributed by atoms with van der Waals surface area (Å²) >= 11 is 18.1. The van der Waals surface area contributed by atoms with E-state index in [-0.39, 0.29) is 16.6 Å². The number of hydrogen-bond acceptors (Lipinski definition) is 4. The fraction of sp³-hybridized carbons (Fsp3) is 0.714. The van der Waals surface area contributed by atoms with Gasteiger partial charge in [0.2, 0.25) is 0 Å². The first kappa shape index (κ1) is 21.8. The average Bonchev–Trinajstić information content (AvgIpc) is 2.54. The van der Waals surface area contributed by atoms with Crippen molar-refractivity contribution >= 4 is 55.1 Å². The third-order valence-electron chi connectivity index (χ3n) is 3.84. The summed E-state index contributed by atoms with van der Waals surface area (Å²) in [6.07, 6.45) is 2.10. The van der Waals surface area contributed by atoms with Crippen LogP contribution in [0.1, 0.15) is 20.8 Å². The van der Waals surface area contributed by atoms with E-state index in [2.05, 4.69) is 4.74 Å². The molecule has 4 nitrogen and oxygen atoms in total. The van der Waals surface area contributed by atoms with E-state index in [1.807, 2.05) is 20.8 Å². The van der Waals surface area contributed by atoms with Gasteiger partial charge in [0, 0.05) is 29.8 Å². The summed E-state index contributed by atoms with van der Waals surface area (Å²) in [5, 5.41) is 0. The molecule has 0 aromatic heterocycles. The monoisotopic (exact) mass is 388 g/mol. The molecule has 0 radical (unpaired) electrons. The maximum absolute atomic E-state index is 12.1. The minimum absolute atomic E-state index is 0.0212. The topological polar surface area (TPSA) is 52.6 Å². The Morgan fingerprint density at radius 1 is 0.909 bits per heavy atom. The van der Waals surface area contributed by atoms with Crippen molar-refractivity contribution in [2.24, 2.45) is 0 Å². The fourth-order valence-corrected chi connectivity index (χ4v) is 9.36. The van der Waals surface area contributed by atoms with Gasteiger partial charge in [-0.25, -0.2) is 9.59 Å². The minimum Gasteiger partial charge on any atom is -0.515 e. The molecule has 22 heavy (non-hydrogen) atoms. The number of halogens is 3. The van der Waals surface area contributed by atoms with E-state index in [4.69, 9.17) is 39.2 Å². The summed E-state index contributed by atoms with van der Waals surface area (Å²) in [6.45, 7) is 5.84. The first-order chi connectivity index (χ1) is 10.3. The van der Waals surface area contributed by atoms with Gasteiger partial charge in [-0.3, -0.25) is 0 Å². The Morgan fingerprint density at radius 2 is 1.27 bits per heavy atom. The Morgan fingerprint density at radius 3 is 1.59 bits per heavy atom. The summed E-state index contributed by atoms with van der Waals surface area (Å²) in [5.41, 5.74) is -0.0635. The zero-order valence-electron chi connectivity index (χ0n) is 13.3. The quantitative estimate of drug-likeness (QED) is 0.258. The number of carbonyl (C=O) groups is 2. The van der Waals surface area contributed by atoms with Gasteiger partial charge < -0.3 is 9.16 Å². The highest BCUT2D eigenvalue weighted by atomic mass is 35.5. The second-order valence-corrected chi connectivity index (χ2v) is 11.1. The molecular weight excluding hydrogens is 367 g/mol. The molecule has 0 amide bonds. The van der Waals surface area contributed by atoms with Gasteiger partial charge in [-0.15, -0.1) is 34.8 Å². The molecule has 0 saturated carbocycles. The predicted molar refractivity (Wildman–Crippen MR) is 93.4 cm³/mol. The predicted octanol–water partition coefficient (Wildman–Crippen LogP) is 4.09. The van der Waals surface area contributed by atoms with Crippen molar-refractivity contribution in [1.29, 1.82) is 0 Å². The molecule has 0 aliphatic carbocycles. The van der Waals surface area contributed by atoms with Crippen LogP contribution in [0.3, 0.4) is 0 Å². The molecule has 0 N–H and O–H groups in total. The molecule has 3 atom stereocenters. The maximum atomic E-state index is 12.1. The number of esters is 1. The van der Waals surface area contributed by atoms with Gasteiger partial charge in [0.15, 0.2) is 0 Å². The van der Waals surface area contributed by atoms with Gasteiger partial charge in [0.25, 0.3) is 8.32 Å². The highest BCUT2D eigenvalue weighted by Crippen LogP contribution is 2.44. The van der Waals surface area contributed by atoms with Crippen molar-refractivity contribution < 1.29 is 18.8 Å². The van der Waals surface area contributed by atoms with Crippen molar-refractivity contribution in [2.75, 3.05) is 24.7 Å². The van der Waals surface area contributed by atoms with Crippen LogP contribution in [0.2, 0.25) is 16.6 Å². The van der Waals surface area contributed by atoms with Crippen LogP contribution >= 0.6 is 34.8 Å². The Kier molecular flexibility index (Phi) is 10.4. The SMILES string of the molecule is COC(=O)/C=C/C(=O)O[Si](C(C)CCl)(C(C)CCl)C(C)CCl. The molecule has 0 fully saturated rings. The molecule has 0 aliphatic heterocycles. The third kappa shape index (κ3) is 5.44. The smallest absolute Gasteiger partial charge is 0.330 e. The number of rotatable bonds is 9. The molecule has 128 valence electrons. The van der Waals surface area contributed by atoms with Crippen LogP contribution in [0.25, 0.3) is 0 Å². The molecule has 3 unspecified atom stereocenters. The van der Waals surface area contributed by atoms with Gasteiger partial charge in [-0.1, -0.05) is 20.8 Å². The highest BCUT2D eigenvalue weighted by Gasteiger charge is 2.52. The second-order valence-electron chi connectivity index (χ2n) is 5.30. The third-order valence-corrected chi connectivity index (χ3v) is 11.8. The van der Waals surface area contributed by atoms with E-state index >= 15 is 0 Å². The Bertz CT molecular complexity index is 377. The fourth-order valence-electron chi connectivity index (χ4n) is 2.53. The Hall–Kier alpha value is -0.233. The average molecular weight is 390 g/mol. The van der Waals surface area contributed by atoms with Gasteiger partial charge in [-0.05, 0) is 16.6 Å². The molecule has 0 aromatic rings. The molecule has 8 heteroatoms. The second kappa shape index (κ2) is 10.5. The maximum Gasteiger partial charge on any atom is 0.330 e. The van der Waals surface area contributed by atoms with Crippen molar-refractivity contribution in [3.63, 3.8) is 0 Å². The van der Waals surface area contributed by atoms with Gasteiger partial charge in [0.05, 0.1) is 7.11 Å². The Labute approximate surface area is 148 Å². The number of methoxy groups -OCH3 is 1. The highest BCUT2D eigenvalue weighted by molar-refractivity contribution is 6.81. The first-order valence-corrected chi connectivity index (χ1v) is 10.7. The van der Waals surface area contributed by atoms with E-state index in [1.54, 1.807) is 0 Å². The van der Waals surface area contributed by atoms with E-state index < -0.39 is 20.3 Å². The lowest BCUT2D eigenvalue weighted by Crippen LogP contribution is -2.53. The van der Waals surface area contributed by atoms with Gasteiger partial charge in [-0.2, -0.15) is 0 Å². The lowest BCUT2D eigenvalue weighted by Gasteiger charge is -2.42. The van der Waals surface area contributed by atoms with Gasteiger partial charge >= 0.3 is 11.9 Å². The van der Waals surface area contributed by atoms with E-state index in [9.17, 15) is 9.59 Å². The largest absolute Gasteiger partial charge is 0.515 e. The van der Waals surface area contributed by atoms with Crippen molar-refractivity contribution in [1.82, 2.24) is 0 Å². The molecule has 0 heterocycles. The molecule has 0 spiro atoms. The standard InChI is InChI=1S/C14H23Cl3O4Si/c1-10(7-15)22(11(2)8-16,12(3)9-17)21-14(19)6-5-13(18)20-4/h5-6,10-12H,7-9H2,1-4H3/b6-5+. The zero-order chi connectivity index (χ0) is 17.3. The number of ether oxygens (including phenoxy) is 1. The summed E-state index contributed by atoms with van der Waals surface area (Å²) < 4.78 is 10.3. The van der Waals surface area contributed by atoms with Gasteiger partial charge in [0.1, 0.15) is 0 Å². The molecule has 0 aromatic carbocycles. The summed E-state index contributed by atoms with van der Waals surface area (Å²) in [7, 11) is -1.47. The molecule has 0 rings (SSSR count). The molecule has 0 aliphatic rings. The van der Waals surface area contributed by atoms with Crippen LogP contribution in [0.5, 0.6) is 0 Å². The summed E-state index contributed by atoms with van der Waals surface area (Å²) in [4.78, 5) is 23.2. The van der Waals surface area contributed by atoms with Crippen molar-refractivity contribution in [3.05, 3.63) is 12.2 Å². The molecular formula is C14H23Cl3O4Si. The van der Waals surface area contributed by atoms with Crippen LogP contribution in [0, 0.1) is 0 Å². The number of alkyl halides is 3. The van der Waals surface area contributed by atoms with Crippen LogP contribution in [0.15, 0.2) is 12.2 Å². The number of hydrogen-bond donors (Lipinski definition) is 0. The molecule has 0 saturated heterocycles. The van der Waals surface area contributed by atoms with Crippen LogP contribution < -0.4 is 0 Å².